The summed E-state index contributed by atoms with van der Waals surface area (Å²) >= 11 is 5.20. The van der Waals surface area contributed by atoms with Crippen LogP contribution < -0.4 is 5.32 Å². The molecule has 0 spiro atoms. The standard InChI is InChI=1S/C12H18BrNOS/c1-2-3-4-6-15-7-5-14-9-12-8-11(13)10-16-12/h2,8,10,14H,1,3-7,9H2. The summed E-state index contributed by atoms with van der Waals surface area (Å²) in [5.74, 6) is 0. The zero-order chi connectivity index (χ0) is 11.6. The summed E-state index contributed by atoms with van der Waals surface area (Å²) in [6.07, 6.45) is 4.04. The van der Waals surface area contributed by atoms with Gasteiger partial charge in [0.1, 0.15) is 0 Å². The van der Waals surface area contributed by atoms with E-state index < -0.39 is 0 Å². The molecule has 0 radical (unpaired) electrons. The Morgan fingerprint density at radius 3 is 3.06 bits per heavy atom. The van der Waals surface area contributed by atoms with E-state index >= 15 is 0 Å². The fourth-order valence-corrected chi connectivity index (χ4v) is 2.65. The van der Waals surface area contributed by atoms with Crippen LogP contribution in [-0.2, 0) is 11.3 Å². The van der Waals surface area contributed by atoms with Crippen molar-refractivity contribution in [3.8, 4) is 0 Å². The predicted octanol–water partition coefficient (Wildman–Crippen LogP) is 3.58. The lowest BCUT2D eigenvalue weighted by molar-refractivity contribution is 0.134. The zero-order valence-corrected chi connectivity index (χ0v) is 11.8. The third-order valence-corrected chi connectivity index (χ3v) is 3.74. The minimum Gasteiger partial charge on any atom is -0.380 e. The summed E-state index contributed by atoms with van der Waals surface area (Å²) < 4.78 is 6.62. The number of halogens is 1. The van der Waals surface area contributed by atoms with Crippen LogP contribution in [0.4, 0.5) is 0 Å². The average Bonchev–Trinajstić information content (AvgIpc) is 2.68. The van der Waals surface area contributed by atoms with Crippen LogP contribution in [0.1, 0.15) is 17.7 Å². The van der Waals surface area contributed by atoms with E-state index in [1.54, 1.807) is 11.3 Å². The number of hydrogen-bond acceptors (Lipinski definition) is 3. The molecule has 2 nitrogen and oxygen atoms in total. The molecular weight excluding hydrogens is 286 g/mol. The monoisotopic (exact) mass is 303 g/mol. The van der Waals surface area contributed by atoms with Gasteiger partial charge in [0.25, 0.3) is 0 Å². The van der Waals surface area contributed by atoms with E-state index in [1.165, 1.54) is 4.88 Å². The Morgan fingerprint density at radius 1 is 1.50 bits per heavy atom. The molecule has 0 amide bonds. The Morgan fingerprint density at radius 2 is 2.38 bits per heavy atom. The van der Waals surface area contributed by atoms with Gasteiger partial charge in [-0.15, -0.1) is 17.9 Å². The van der Waals surface area contributed by atoms with Gasteiger partial charge in [0.2, 0.25) is 0 Å². The maximum atomic E-state index is 5.46. The molecule has 90 valence electrons. The molecule has 0 aromatic carbocycles. The Balaban J connectivity index is 1.90. The van der Waals surface area contributed by atoms with Gasteiger partial charge in [0.05, 0.1) is 6.61 Å². The van der Waals surface area contributed by atoms with Gasteiger partial charge >= 0.3 is 0 Å². The van der Waals surface area contributed by atoms with Gasteiger partial charge in [-0.2, -0.15) is 0 Å². The Kier molecular flexibility index (Phi) is 7.76. The molecule has 0 atom stereocenters. The van der Waals surface area contributed by atoms with Crippen molar-refractivity contribution in [2.45, 2.75) is 19.4 Å². The summed E-state index contributed by atoms with van der Waals surface area (Å²) in [5.41, 5.74) is 0. The highest BCUT2D eigenvalue weighted by Crippen LogP contribution is 2.19. The van der Waals surface area contributed by atoms with E-state index in [2.05, 4.69) is 39.3 Å². The summed E-state index contributed by atoms with van der Waals surface area (Å²) in [4.78, 5) is 1.35. The van der Waals surface area contributed by atoms with Crippen molar-refractivity contribution in [1.82, 2.24) is 5.32 Å². The second kappa shape index (κ2) is 8.93. The van der Waals surface area contributed by atoms with Gasteiger partial charge in [-0.25, -0.2) is 0 Å². The lowest BCUT2D eigenvalue weighted by atomic mass is 10.3. The van der Waals surface area contributed by atoms with Crippen LogP contribution in [0.25, 0.3) is 0 Å². The highest BCUT2D eigenvalue weighted by Gasteiger charge is 1.96. The van der Waals surface area contributed by atoms with Crippen molar-refractivity contribution < 1.29 is 4.74 Å². The van der Waals surface area contributed by atoms with E-state index in [0.29, 0.717) is 0 Å². The molecule has 0 bridgehead atoms. The average molecular weight is 304 g/mol. The van der Waals surface area contributed by atoms with Crippen molar-refractivity contribution in [2.75, 3.05) is 19.8 Å². The molecule has 0 saturated carbocycles. The molecule has 0 aliphatic heterocycles. The number of nitrogens with one attached hydrogen (secondary N) is 1. The molecule has 1 heterocycles. The Hall–Kier alpha value is -0.160. The molecule has 0 saturated heterocycles. The number of ether oxygens (including phenoxy) is 1. The number of allylic oxidation sites excluding steroid dienone is 1. The molecular formula is C12H18BrNOS. The SMILES string of the molecule is C=CCCCOCCNCc1cc(Br)cs1. The highest BCUT2D eigenvalue weighted by molar-refractivity contribution is 9.10. The van der Waals surface area contributed by atoms with E-state index in [9.17, 15) is 0 Å². The summed E-state index contributed by atoms with van der Waals surface area (Å²) in [6, 6.07) is 2.14. The van der Waals surface area contributed by atoms with Crippen LogP contribution >= 0.6 is 27.3 Å². The van der Waals surface area contributed by atoms with Crippen LogP contribution in [0, 0.1) is 0 Å². The van der Waals surface area contributed by atoms with Crippen molar-refractivity contribution in [3.63, 3.8) is 0 Å². The molecule has 1 rings (SSSR count). The van der Waals surface area contributed by atoms with Gasteiger partial charge in [-0.1, -0.05) is 6.08 Å². The molecule has 4 heteroatoms. The predicted molar refractivity (Wildman–Crippen MR) is 74.0 cm³/mol. The van der Waals surface area contributed by atoms with Crippen LogP contribution in [0.2, 0.25) is 0 Å². The van der Waals surface area contributed by atoms with Gasteiger partial charge in [-0.05, 0) is 34.8 Å². The van der Waals surface area contributed by atoms with E-state index in [-0.39, 0.29) is 0 Å². The van der Waals surface area contributed by atoms with Crippen molar-refractivity contribution in [1.29, 1.82) is 0 Å². The van der Waals surface area contributed by atoms with Gasteiger partial charge in [0.15, 0.2) is 0 Å². The molecule has 0 fully saturated rings. The van der Waals surface area contributed by atoms with Crippen molar-refractivity contribution >= 4 is 27.3 Å². The first-order chi connectivity index (χ1) is 7.83. The number of thiophene rings is 1. The molecule has 1 aromatic rings. The minimum atomic E-state index is 0.781. The van der Waals surface area contributed by atoms with Crippen LogP contribution in [0.3, 0.4) is 0 Å². The molecule has 0 unspecified atom stereocenters. The first-order valence-electron chi connectivity index (χ1n) is 5.45. The molecule has 1 N–H and O–H groups in total. The third-order valence-electron chi connectivity index (χ3n) is 2.04. The lowest BCUT2D eigenvalue weighted by Crippen LogP contribution is -2.18. The van der Waals surface area contributed by atoms with E-state index in [1.807, 2.05) is 6.08 Å². The Labute approximate surface area is 110 Å². The quantitative estimate of drug-likeness (QED) is 0.556. The topological polar surface area (TPSA) is 21.3 Å². The minimum absolute atomic E-state index is 0.781. The maximum Gasteiger partial charge on any atom is 0.0591 e. The summed E-state index contributed by atoms with van der Waals surface area (Å²) in [5, 5.41) is 5.45. The van der Waals surface area contributed by atoms with Crippen LogP contribution in [-0.4, -0.2) is 19.8 Å². The fourth-order valence-electron chi connectivity index (χ4n) is 1.23. The van der Waals surface area contributed by atoms with E-state index in [0.717, 1.165) is 43.6 Å². The highest BCUT2D eigenvalue weighted by atomic mass is 79.9. The number of unbranched alkanes of at least 4 members (excludes halogenated alkanes) is 1. The number of rotatable bonds is 9. The smallest absolute Gasteiger partial charge is 0.0591 e. The third kappa shape index (κ3) is 6.43. The fraction of sp³-hybridized carbons (Fsp3) is 0.500. The van der Waals surface area contributed by atoms with Crippen LogP contribution in [0.5, 0.6) is 0 Å². The van der Waals surface area contributed by atoms with Crippen LogP contribution in [0.15, 0.2) is 28.6 Å². The Bertz CT molecular complexity index is 301. The van der Waals surface area contributed by atoms with E-state index in [4.69, 9.17) is 4.74 Å². The largest absolute Gasteiger partial charge is 0.380 e. The summed E-state index contributed by atoms with van der Waals surface area (Å²) in [6.45, 7) is 7.12. The second-order valence-corrected chi connectivity index (χ2v) is 5.36. The zero-order valence-electron chi connectivity index (χ0n) is 9.38. The maximum absolute atomic E-state index is 5.46. The second-order valence-electron chi connectivity index (χ2n) is 3.45. The first-order valence-corrected chi connectivity index (χ1v) is 7.12. The van der Waals surface area contributed by atoms with Crippen molar-refractivity contribution in [3.05, 3.63) is 33.5 Å². The molecule has 16 heavy (non-hydrogen) atoms. The van der Waals surface area contributed by atoms with Gasteiger partial charge in [0, 0.05) is 34.4 Å². The normalized spacial score (nSPS) is 10.6. The number of hydrogen-bond donors (Lipinski definition) is 1. The molecule has 0 aliphatic rings. The summed E-state index contributed by atoms with van der Waals surface area (Å²) in [7, 11) is 0. The van der Waals surface area contributed by atoms with Crippen molar-refractivity contribution in [2.24, 2.45) is 0 Å². The van der Waals surface area contributed by atoms with Gasteiger partial charge in [-0.3, -0.25) is 0 Å². The first kappa shape index (κ1) is 13.9. The van der Waals surface area contributed by atoms with Gasteiger partial charge < -0.3 is 10.1 Å². The lowest BCUT2D eigenvalue weighted by Gasteiger charge is -2.04. The molecule has 1 aromatic heterocycles. The molecule has 0 aliphatic carbocycles.